The van der Waals surface area contributed by atoms with Gasteiger partial charge in [0.05, 0.1) is 24.5 Å². The number of para-hydroxylation sites is 2. The van der Waals surface area contributed by atoms with Gasteiger partial charge in [0, 0.05) is 5.56 Å². The van der Waals surface area contributed by atoms with Gasteiger partial charge in [0.25, 0.3) is 0 Å². The summed E-state index contributed by atoms with van der Waals surface area (Å²) in [7, 11) is -1.72. The molecule has 1 atom stereocenters. The third-order valence-corrected chi connectivity index (χ3v) is 12.8. The number of aryl methyl sites for hydroxylation is 1. The quantitative estimate of drug-likeness (QED) is 0.472. The fourth-order valence-corrected chi connectivity index (χ4v) is 7.15. The molecule has 0 N–H and O–H groups in total. The van der Waals surface area contributed by atoms with Crippen LogP contribution in [0.25, 0.3) is 22.4 Å². The summed E-state index contributed by atoms with van der Waals surface area (Å²) in [4.78, 5) is 18.9. The lowest BCUT2D eigenvalue weighted by Crippen LogP contribution is -2.49. The average Bonchev–Trinajstić information content (AvgIpc) is 2.97. The van der Waals surface area contributed by atoms with Crippen molar-refractivity contribution in [1.29, 1.82) is 0 Å². The molecule has 1 aliphatic heterocycles. The first-order valence-electron chi connectivity index (χ1n) is 10.1. The summed E-state index contributed by atoms with van der Waals surface area (Å²) in [5.41, 5.74) is 4.73. The zero-order valence-corrected chi connectivity index (χ0v) is 19.1. The van der Waals surface area contributed by atoms with Gasteiger partial charge in [0.15, 0.2) is 0 Å². The number of benzene rings is 2. The van der Waals surface area contributed by atoms with Crippen LogP contribution in [0.1, 0.15) is 43.6 Å². The van der Waals surface area contributed by atoms with Gasteiger partial charge in [-0.05, 0) is 48.2 Å². The maximum Gasteiger partial charge on any atom is 0.242 e. The van der Waals surface area contributed by atoms with Gasteiger partial charge in [-0.2, -0.15) is 0 Å². The molecule has 1 aromatic heterocycles. The van der Waals surface area contributed by atoms with Gasteiger partial charge in [0.1, 0.15) is 5.82 Å². The van der Waals surface area contributed by atoms with E-state index < -0.39 is 13.5 Å². The van der Waals surface area contributed by atoms with Crippen LogP contribution in [0, 0.1) is 6.92 Å². The van der Waals surface area contributed by atoms with Gasteiger partial charge >= 0.3 is 0 Å². The van der Waals surface area contributed by atoms with Crippen LogP contribution in [-0.4, -0.2) is 23.5 Å². The minimum absolute atomic E-state index is 0.166. The lowest BCUT2D eigenvalue weighted by Gasteiger charge is -2.45. The van der Waals surface area contributed by atoms with Crippen molar-refractivity contribution in [3.05, 3.63) is 53.6 Å². The monoisotopic (exact) mass is 390 g/mol. The molecule has 1 aliphatic rings. The second-order valence-corrected chi connectivity index (χ2v) is 15.8. The summed E-state index contributed by atoms with van der Waals surface area (Å²) in [6, 6.07) is 15.3. The summed E-state index contributed by atoms with van der Waals surface area (Å²) in [6.07, 6.45) is 0. The van der Waals surface area contributed by atoms with Crippen molar-refractivity contribution < 1.29 is 4.79 Å². The highest BCUT2D eigenvalue weighted by molar-refractivity contribution is 6.80. The van der Waals surface area contributed by atoms with E-state index >= 15 is 0 Å². The fraction of sp³-hybridized carbons (Fsp3) is 0.417. The van der Waals surface area contributed by atoms with Gasteiger partial charge in [-0.25, -0.2) is 4.98 Å². The topological polar surface area (TPSA) is 34.9 Å². The Morgan fingerprint density at radius 3 is 2.43 bits per heavy atom. The first-order chi connectivity index (χ1) is 13.0. The maximum atomic E-state index is 14.0. The van der Waals surface area contributed by atoms with E-state index in [0.717, 1.165) is 34.0 Å². The first-order valence-corrected chi connectivity index (χ1v) is 13.3. The molecule has 0 radical (unpaired) electrons. The summed E-state index contributed by atoms with van der Waals surface area (Å²) < 4.78 is 1.89. The minimum Gasteiger partial charge on any atom is -0.273 e. The van der Waals surface area contributed by atoms with Crippen LogP contribution < -0.4 is 0 Å². The molecule has 0 aliphatic carbocycles. The number of hydrogen-bond acceptors (Lipinski definition) is 2. The smallest absolute Gasteiger partial charge is 0.242 e. The minimum atomic E-state index is -1.72. The lowest BCUT2D eigenvalue weighted by molar-refractivity contribution is 0.0822. The third kappa shape index (κ3) is 2.54. The van der Waals surface area contributed by atoms with Gasteiger partial charge in [-0.15, -0.1) is 0 Å². The van der Waals surface area contributed by atoms with E-state index in [-0.39, 0.29) is 10.9 Å². The standard InChI is InChI=1S/C24H30N2OSi/c1-16-11-10-12-17-20(16)21-25-18-13-8-9-14-19(18)26(21)22(27)24(17,5)15-28(6,7)23(2,3)4/h8-14H,15H2,1-7H3. The van der Waals surface area contributed by atoms with Gasteiger partial charge in [-0.3, -0.25) is 9.36 Å². The number of imidazole rings is 1. The van der Waals surface area contributed by atoms with Crippen LogP contribution >= 0.6 is 0 Å². The second kappa shape index (κ2) is 5.90. The molecule has 28 heavy (non-hydrogen) atoms. The Kier molecular flexibility index (Phi) is 4.03. The van der Waals surface area contributed by atoms with E-state index in [0.29, 0.717) is 0 Å². The highest BCUT2D eigenvalue weighted by atomic mass is 28.3. The van der Waals surface area contributed by atoms with Crippen molar-refractivity contribution in [3.63, 3.8) is 0 Å². The molecule has 0 saturated heterocycles. The molecule has 1 unspecified atom stereocenters. The fourth-order valence-electron chi connectivity index (χ4n) is 4.51. The Bertz CT molecular complexity index is 1100. The molecule has 0 fully saturated rings. The number of carbonyl (C=O) groups is 1. The Labute approximate surface area is 168 Å². The molecule has 2 heterocycles. The number of aromatic nitrogens is 2. The van der Waals surface area contributed by atoms with E-state index in [1.807, 2.05) is 28.8 Å². The van der Waals surface area contributed by atoms with Crippen molar-refractivity contribution in [2.75, 3.05) is 0 Å². The molecule has 4 rings (SSSR count). The summed E-state index contributed by atoms with van der Waals surface area (Å²) in [6.45, 7) is 16.1. The predicted octanol–water partition coefficient (Wildman–Crippen LogP) is 6.43. The maximum absolute atomic E-state index is 14.0. The summed E-state index contributed by atoms with van der Waals surface area (Å²) in [5.74, 6) is 0.964. The number of rotatable bonds is 2. The third-order valence-electron chi connectivity index (χ3n) is 7.15. The first kappa shape index (κ1) is 19.1. The Hall–Kier alpha value is -2.20. The van der Waals surface area contributed by atoms with E-state index in [9.17, 15) is 4.79 Å². The van der Waals surface area contributed by atoms with Crippen LogP contribution in [-0.2, 0) is 5.41 Å². The molecule has 3 nitrogen and oxygen atoms in total. The molecule has 3 aromatic rings. The Morgan fingerprint density at radius 2 is 1.75 bits per heavy atom. The van der Waals surface area contributed by atoms with Crippen LogP contribution in [0.5, 0.6) is 0 Å². The highest BCUT2D eigenvalue weighted by Gasteiger charge is 2.50. The molecule has 2 aromatic carbocycles. The van der Waals surface area contributed by atoms with E-state index in [1.54, 1.807) is 0 Å². The molecule has 0 amide bonds. The van der Waals surface area contributed by atoms with Crippen LogP contribution in [0.15, 0.2) is 42.5 Å². The molecule has 0 saturated carbocycles. The van der Waals surface area contributed by atoms with Gasteiger partial charge in [-0.1, -0.05) is 64.2 Å². The molecule has 4 heteroatoms. The number of carbonyl (C=O) groups excluding carboxylic acids is 1. The second-order valence-electron chi connectivity index (χ2n) is 10.2. The molecular formula is C24H30N2OSi. The van der Waals surface area contributed by atoms with E-state index in [4.69, 9.17) is 4.98 Å². The summed E-state index contributed by atoms with van der Waals surface area (Å²) in [5, 5.41) is 0.220. The lowest BCUT2D eigenvalue weighted by atomic mass is 9.76. The van der Waals surface area contributed by atoms with Crippen molar-refractivity contribution >= 4 is 25.0 Å². The molecule has 0 spiro atoms. The zero-order chi connectivity index (χ0) is 20.5. The highest BCUT2D eigenvalue weighted by Crippen LogP contribution is 2.50. The van der Waals surface area contributed by atoms with Crippen molar-refractivity contribution in [2.45, 2.75) is 64.2 Å². The van der Waals surface area contributed by atoms with Crippen molar-refractivity contribution in [2.24, 2.45) is 0 Å². The van der Waals surface area contributed by atoms with E-state index in [2.05, 4.69) is 65.9 Å². The number of hydrogen-bond donors (Lipinski definition) is 0. The number of fused-ring (bicyclic) bond motifs is 5. The molecule has 0 bridgehead atoms. The van der Waals surface area contributed by atoms with Gasteiger partial charge < -0.3 is 0 Å². The van der Waals surface area contributed by atoms with E-state index in [1.165, 1.54) is 5.56 Å². The predicted molar refractivity (Wildman–Crippen MR) is 120 cm³/mol. The zero-order valence-electron chi connectivity index (χ0n) is 18.1. The number of nitrogens with zero attached hydrogens (tertiary/aromatic N) is 2. The largest absolute Gasteiger partial charge is 0.273 e. The molecular weight excluding hydrogens is 360 g/mol. The van der Waals surface area contributed by atoms with Crippen LogP contribution in [0.4, 0.5) is 0 Å². The SMILES string of the molecule is Cc1cccc2c1-c1nc3ccccc3n1C(=O)C2(C)C[Si](C)(C)C(C)(C)C. The van der Waals surface area contributed by atoms with Crippen molar-refractivity contribution in [3.8, 4) is 11.4 Å². The van der Waals surface area contributed by atoms with Gasteiger partial charge in [0.2, 0.25) is 5.91 Å². The Balaban J connectivity index is 2.03. The normalized spacial score (nSPS) is 19.6. The van der Waals surface area contributed by atoms with Crippen molar-refractivity contribution in [1.82, 2.24) is 9.55 Å². The molecule has 146 valence electrons. The summed E-state index contributed by atoms with van der Waals surface area (Å²) >= 11 is 0. The van der Waals surface area contributed by atoms with Crippen LogP contribution in [0.3, 0.4) is 0 Å². The average molecular weight is 391 g/mol. The Morgan fingerprint density at radius 1 is 1.07 bits per heavy atom. The van der Waals surface area contributed by atoms with Crippen LogP contribution in [0.2, 0.25) is 24.2 Å².